The molecule has 0 unspecified atom stereocenters. The van der Waals surface area contributed by atoms with Crippen LogP contribution in [0.2, 0.25) is 0 Å². The smallest absolute Gasteiger partial charge is 0.336 e. The minimum Gasteiger partial charge on any atom is -0.466 e. The van der Waals surface area contributed by atoms with Gasteiger partial charge in [-0.05, 0) is 22.9 Å². The lowest BCUT2D eigenvalue weighted by Gasteiger charge is -2.03. The highest BCUT2D eigenvalue weighted by atomic mass is 16.5. The van der Waals surface area contributed by atoms with E-state index in [9.17, 15) is 9.59 Å². The molecule has 19 heavy (non-hydrogen) atoms. The van der Waals surface area contributed by atoms with Crippen molar-refractivity contribution in [1.29, 1.82) is 0 Å². The Morgan fingerprint density at radius 2 is 1.63 bits per heavy atom. The molecule has 0 bridgehead atoms. The zero-order valence-electron chi connectivity index (χ0n) is 10.3. The predicted molar refractivity (Wildman–Crippen MR) is 70.7 cm³/mol. The zero-order valence-corrected chi connectivity index (χ0v) is 10.3. The summed E-state index contributed by atoms with van der Waals surface area (Å²) < 4.78 is 9.46. The Morgan fingerprint density at radius 1 is 0.947 bits per heavy atom. The van der Waals surface area contributed by atoms with E-state index in [4.69, 9.17) is 4.74 Å². The third-order valence-corrected chi connectivity index (χ3v) is 2.50. The minimum atomic E-state index is -0.624. The largest absolute Gasteiger partial charge is 0.466 e. The van der Waals surface area contributed by atoms with Gasteiger partial charge in [-0.2, -0.15) is 0 Å². The van der Waals surface area contributed by atoms with Crippen molar-refractivity contribution in [2.45, 2.75) is 0 Å². The van der Waals surface area contributed by atoms with Gasteiger partial charge in [-0.15, -0.1) is 0 Å². The van der Waals surface area contributed by atoms with Crippen molar-refractivity contribution >= 4 is 22.7 Å². The Bertz CT molecular complexity index is 643. The molecule has 0 saturated carbocycles. The van der Waals surface area contributed by atoms with Gasteiger partial charge in [0.05, 0.1) is 7.11 Å². The van der Waals surface area contributed by atoms with E-state index in [-0.39, 0.29) is 0 Å². The van der Waals surface area contributed by atoms with Crippen molar-refractivity contribution in [3.05, 3.63) is 54.6 Å². The molecule has 0 radical (unpaired) electrons. The summed E-state index contributed by atoms with van der Waals surface area (Å²) in [6, 6.07) is 13.1. The van der Waals surface area contributed by atoms with E-state index in [1.807, 2.05) is 30.3 Å². The Hall–Kier alpha value is -2.62. The molecule has 0 amide bonds. The van der Waals surface area contributed by atoms with E-state index >= 15 is 0 Å². The summed E-state index contributed by atoms with van der Waals surface area (Å²) in [5, 5.41) is 2.04. The van der Waals surface area contributed by atoms with Gasteiger partial charge in [-0.3, -0.25) is 0 Å². The van der Waals surface area contributed by atoms with Crippen LogP contribution < -0.4 is 4.74 Å². The molecule has 0 heterocycles. The number of carbonyl (C=O) groups is 2. The minimum absolute atomic E-state index is 0.429. The molecule has 0 fully saturated rings. The number of carbonyl (C=O) groups excluding carboxylic acids is 2. The number of hydrogen-bond acceptors (Lipinski definition) is 4. The van der Waals surface area contributed by atoms with Gasteiger partial charge in [0.25, 0.3) is 0 Å². The molecule has 0 aliphatic heterocycles. The molecular weight excluding hydrogens is 244 g/mol. The molecule has 0 saturated heterocycles. The number of fused-ring (bicyclic) bond motifs is 1. The Balaban J connectivity index is 2.11. The molecule has 96 valence electrons. The summed E-state index contributed by atoms with van der Waals surface area (Å²) in [5.41, 5.74) is 0. The second-order valence-corrected chi connectivity index (χ2v) is 3.79. The first-order valence-corrected chi connectivity index (χ1v) is 5.65. The fraction of sp³-hybridized carbons (Fsp3) is 0.0667. The molecule has 4 nitrogen and oxygen atoms in total. The van der Waals surface area contributed by atoms with Gasteiger partial charge in [0.2, 0.25) is 0 Å². The van der Waals surface area contributed by atoms with Crippen LogP contribution in [0.3, 0.4) is 0 Å². The maximum atomic E-state index is 11.5. The monoisotopic (exact) mass is 256 g/mol. The van der Waals surface area contributed by atoms with Gasteiger partial charge >= 0.3 is 11.9 Å². The van der Waals surface area contributed by atoms with Crippen molar-refractivity contribution in [2.75, 3.05) is 7.11 Å². The Kier molecular flexibility index (Phi) is 3.93. The van der Waals surface area contributed by atoms with Gasteiger partial charge in [-0.1, -0.05) is 30.3 Å². The van der Waals surface area contributed by atoms with E-state index in [0.717, 1.165) is 22.9 Å². The lowest BCUT2D eigenvalue weighted by molar-refractivity contribution is -0.135. The van der Waals surface area contributed by atoms with Crippen LogP contribution in [-0.4, -0.2) is 19.0 Å². The van der Waals surface area contributed by atoms with Gasteiger partial charge < -0.3 is 9.47 Å². The van der Waals surface area contributed by atoms with Crippen LogP contribution in [0.4, 0.5) is 0 Å². The van der Waals surface area contributed by atoms with E-state index in [0.29, 0.717) is 5.75 Å². The molecule has 0 spiro atoms. The summed E-state index contributed by atoms with van der Waals surface area (Å²) >= 11 is 0. The molecule has 2 aromatic rings. The Labute approximate surface area is 110 Å². The fourth-order valence-corrected chi connectivity index (χ4v) is 1.59. The molecule has 2 rings (SSSR count). The lowest BCUT2D eigenvalue weighted by Crippen LogP contribution is -2.05. The Morgan fingerprint density at radius 3 is 2.37 bits per heavy atom. The average Bonchev–Trinajstić information content (AvgIpc) is 2.44. The molecule has 0 aliphatic rings. The summed E-state index contributed by atoms with van der Waals surface area (Å²) in [4.78, 5) is 22.3. The first-order chi connectivity index (χ1) is 9.19. The summed E-state index contributed by atoms with van der Waals surface area (Å²) in [7, 11) is 1.24. The molecule has 2 aromatic carbocycles. The lowest BCUT2D eigenvalue weighted by atomic mass is 10.1. The topological polar surface area (TPSA) is 52.6 Å². The fourth-order valence-electron chi connectivity index (χ4n) is 1.59. The predicted octanol–water partition coefficient (Wildman–Crippen LogP) is 2.47. The van der Waals surface area contributed by atoms with E-state index < -0.39 is 11.9 Å². The van der Waals surface area contributed by atoms with Crippen molar-refractivity contribution in [1.82, 2.24) is 0 Å². The van der Waals surface area contributed by atoms with Crippen LogP contribution in [0.25, 0.3) is 10.8 Å². The number of methoxy groups -OCH3 is 1. The molecule has 4 heteroatoms. The van der Waals surface area contributed by atoms with Crippen molar-refractivity contribution in [3.8, 4) is 5.75 Å². The molecule has 0 aromatic heterocycles. The molecule has 0 atom stereocenters. The molecule has 0 aliphatic carbocycles. The van der Waals surface area contributed by atoms with Crippen molar-refractivity contribution in [2.24, 2.45) is 0 Å². The summed E-state index contributed by atoms with van der Waals surface area (Å²) in [6.07, 6.45) is 2.05. The SMILES string of the molecule is COC(=O)/C=C/C(=O)Oc1ccc2ccccc2c1. The second kappa shape index (κ2) is 5.82. The van der Waals surface area contributed by atoms with Gasteiger partial charge in [0.1, 0.15) is 5.75 Å². The number of rotatable bonds is 3. The summed E-state index contributed by atoms with van der Waals surface area (Å²) in [6.45, 7) is 0. The van der Waals surface area contributed by atoms with Crippen LogP contribution in [-0.2, 0) is 14.3 Å². The third kappa shape index (κ3) is 3.42. The van der Waals surface area contributed by atoms with Gasteiger partial charge in [-0.25, -0.2) is 9.59 Å². The van der Waals surface area contributed by atoms with Crippen LogP contribution in [0.5, 0.6) is 5.75 Å². The first kappa shape index (κ1) is 12.8. The number of ether oxygens (including phenoxy) is 2. The average molecular weight is 256 g/mol. The number of benzene rings is 2. The second-order valence-electron chi connectivity index (χ2n) is 3.79. The van der Waals surface area contributed by atoms with E-state index in [1.54, 1.807) is 12.1 Å². The van der Waals surface area contributed by atoms with Crippen LogP contribution in [0.15, 0.2) is 54.6 Å². The van der Waals surface area contributed by atoms with Crippen LogP contribution in [0, 0.1) is 0 Å². The maximum Gasteiger partial charge on any atom is 0.336 e. The maximum absolute atomic E-state index is 11.5. The molecule has 0 N–H and O–H groups in total. The highest BCUT2D eigenvalue weighted by Crippen LogP contribution is 2.20. The van der Waals surface area contributed by atoms with Crippen molar-refractivity contribution < 1.29 is 19.1 Å². The number of esters is 2. The van der Waals surface area contributed by atoms with Crippen LogP contribution >= 0.6 is 0 Å². The normalized spacial score (nSPS) is 10.6. The standard InChI is InChI=1S/C15H12O4/c1-18-14(16)8-9-15(17)19-13-7-6-11-4-2-3-5-12(11)10-13/h2-10H,1H3/b9-8+. The molecular formula is C15H12O4. The highest BCUT2D eigenvalue weighted by molar-refractivity contribution is 5.93. The van der Waals surface area contributed by atoms with E-state index in [2.05, 4.69) is 4.74 Å². The van der Waals surface area contributed by atoms with Crippen LogP contribution in [0.1, 0.15) is 0 Å². The van der Waals surface area contributed by atoms with E-state index in [1.165, 1.54) is 7.11 Å². The highest BCUT2D eigenvalue weighted by Gasteiger charge is 2.03. The summed E-state index contributed by atoms with van der Waals surface area (Å²) in [5.74, 6) is -0.797. The van der Waals surface area contributed by atoms with Crippen molar-refractivity contribution in [3.63, 3.8) is 0 Å². The zero-order chi connectivity index (χ0) is 13.7. The van der Waals surface area contributed by atoms with Gasteiger partial charge in [0.15, 0.2) is 0 Å². The quantitative estimate of drug-likeness (QED) is 0.481. The first-order valence-electron chi connectivity index (χ1n) is 5.65. The van der Waals surface area contributed by atoms with Gasteiger partial charge in [0, 0.05) is 12.2 Å². The number of hydrogen-bond donors (Lipinski definition) is 0. The third-order valence-electron chi connectivity index (χ3n) is 2.50.